The van der Waals surface area contributed by atoms with Crippen molar-refractivity contribution in [1.82, 2.24) is 10.6 Å². The van der Waals surface area contributed by atoms with Crippen LogP contribution in [0.1, 0.15) is 38.1 Å². The molecule has 0 fully saturated rings. The number of benzene rings is 2. The molecule has 2 rings (SSSR count). The minimum atomic E-state index is -1.50. The Balaban J connectivity index is 2.16. The lowest BCUT2D eigenvalue weighted by Crippen LogP contribution is -2.63. The Morgan fingerprint density at radius 3 is 2.12 bits per heavy atom. The van der Waals surface area contributed by atoms with Gasteiger partial charge in [-0.2, -0.15) is 0 Å². The fraction of sp³-hybridized carbons (Fsp3) is 0.318. The van der Waals surface area contributed by atoms with Crippen molar-refractivity contribution in [2.45, 2.75) is 38.8 Å². The predicted molar refractivity (Wildman–Crippen MR) is 118 cm³/mol. The predicted octanol–water partition coefficient (Wildman–Crippen LogP) is 2.37. The molecule has 170 valence electrons. The van der Waals surface area contributed by atoms with Gasteiger partial charge in [0, 0.05) is 24.9 Å². The van der Waals surface area contributed by atoms with E-state index in [2.05, 4.69) is 10.6 Å². The quantitative estimate of drug-likeness (QED) is 0.444. The Hall–Kier alpha value is -3.95. The monoisotopic (exact) mass is 442 g/mol. The van der Waals surface area contributed by atoms with E-state index in [4.69, 9.17) is 0 Å². The van der Waals surface area contributed by atoms with E-state index in [1.165, 1.54) is 32.6 Å². The first kappa shape index (κ1) is 24.3. The number of para-hydroxylation sites is 1. The molecule has 3 N–H and O–H groups in total. The lowest BCUT2D eigenvalue weighted by atomic mass is 9.97. The van der Waals surface area contributed by atoms with Gasteiger partial charge in [0.2, 0.25) is 5.91 Å². The number of amides is 3. The number of nitrogens with zero attached hydrogens (tertiary/aromatic N) is 2. The third kappa shape index (κ3) is 5.39. The summed E-state index contributed by atoms with van der Waals surface area (Å²) in [6.07, 6.45) is 0. The van der Waals surface area contributed by atoms with Crippen LogP contribution in [0.2, 0.25) is 0 Å². The third-order valence-corrected chi connectivity index (χ3v) is 4.84. The minimum absolute atomic E-state index is 0.348. The van der Waals surface area contributed by atoms with Gasteiger partial charge in [-0.25, -0.2) is 0 Å². The van der Waals surface area contributed by atoms with E-state index in [1.807, 2.05) is 6.07 Å². The van der Waals surface area contributed by atoms with Crippen LogP contribution in [-0.2, 0) is 9.59 Å². The Kier molecular flexibility index (Phi) is 6.87. The number of aromatic hydroxyl groups is 1. The Morgan fingerprint density at radius 2 is 1.56 bits per heavy atom. The van der Waals surface area contributed by atoms with Gasteiger partial charge in [-0.05, 0) is 45.9 Å². The molecule has 3 amide bonds. The fourth-order valence-corrected chi connectivity index (χ4v) is 2.91. The number of phenols is 1. The number of nitrogens with one attached hydrogen (secondary N) is 2. The molecule has 32 heavy (non-hydrogen) atoms. The van der Waals surface area contributed by atoms with Crippen LogP contribution < -0.4 is 15.5 Å². The summed E-state index contributed by atoms with van der Waals surface area (Å²) in [7, 11) is 1.59. The number of rotatable bonds is 7. The second kappa shape index (κ2) is 9.04. The van der Waals surface area contributed by atoms with Crippen molar-refractivity contribution >= 4 is 29.1 Å². The summed E-state index contributed by atoms with van der Waals surface area (Å²) in [5.74, 6) is -2.38. The number of hydrogen-bond acceptors (Lipinski definition) is 6. The number of hydrogen-bond donors (Lipinski definition) is 3. The standard InChI is InChI=1S/C22H26N4O6/c1-21(2,23-18(28)16-13-15(26(31)32)11-12-17(16)27)19(29)24-22(3,4)20(30)25(5)14-9-7-6-8-10-14/h6-13,27H,1-5H3,(H,23,28)(H,24,29). The molecule has 2 aromatic carbocycles. The van der Waals surface area contributed by atoms with Gasteiger partial charge < -0.3 is 20.6 Å². The zero-order chi connectivity index (χ0) is 24.3. The number of non-ortho nitro benzene ring substituents is 1. The van der Waals surface area contributed by atoms with Gasteiger partial charge in [0.05, 0.1) is 10.5 Å². The summed E-state index contributed by atoms with van der Waals surface area (Å²) in [5, 5.41) is 25.9. The first-order valence-corrected chi connectivity index (χ1v) is 9.72. The van der Waals surface area contributed by atoms with E-state index in [9.17, 15) is 29.6 Å². The number of likely N-dealkylation sites (N-methyl/N-ethyl adjacent to an activating group) is 1. The molecule has 0 radical (unpaired) electrons. The first-order valence-electron chi connectivity index (χ1n) is 9.72. The molecule has 2 aromatic rings. The molecule has 0 aromatic heterocycles. The molecule has 0 aliphatic heterocycles. The molecule has 0 heterocycles. The van der Waals surface area contributed by atoms with Crippen LogP contribution in [0.3, 0.4) is 0 Å². The normalized spacial score (nSPS) is 11.4. The molecule has 0 saturated carbocycles. The summed E-state index contributed by atoms with van der Waals surface area (Å²) in [6, 6.07) is 11.9. The maximum atomic E-state index is 12.9. The highest BCUT2D eigenvalue weighted by Crippen LogP contribution is 2.24. The van der Waals surface area contributed by atoms with Crippen LogP contribution in [0.25, 0.3) is 0 Å². The van der Waals surface area contributed by atoms with Gasteiger partial charge >= 0.3 is 0 Å². The number of anilines is 1. The van der Waals surface area contributed by atoms with Crippen LogP contribution in [0.5, 0.6) is 5.75 Å². The van der Waals surface area contributed by atoms with Crippen molar-refractivity contribution in [2.24, 2.45) is 0 Å². The third-order valence-electron chi connectivity index (χ3n) is 4.84. The van der Waals surface area contributed by atoms with Gasteiger partial charge in [0.1, 0.15) is 16.8 Å². The largest absolute Gasteiger partial charge is 0.507 e. The molecule has 0 saturated heterocycles. The van der Waals surface area contributed by atoms with Gasteiger partial charge in [-0.15, -0.1) is 0 Å². The van der Waals surface area contributed by atoms with Crippen LogP contribution in [-0.4, -0.2) is 45.9 Å². The molecular formula is C22H26N4O6. The van der Waals surface area contributed by atoms with E-state index in [1.54, 1.807) is 31.3 Å². The highest BCUT2D eigenvalue weighted by molar-refractivity contribution is 6.04. The summed E-state index contributed by atoms with van der Waals surface area (Å²) in [4.78, 5) is 50.1. The van der Waals surface area contributed by atoms with E-state index in [-0.39, 0.29) is 17.2 Å². The molecule has 0 aliphatic rings. The lowest BCUT2D eigenvalue weighted by Gasteiger charge is -2.34. The molecule has 10 heteroatoms. The van der Waals surface area contributed by atoms with E-state index in [0.717, 1.165) is 18.2 Å². The maximum Gasteiger partial charge on any atom is 0.270 e. The smallest absolute Gasteiger partial charge is 0.270 e. The molecule has 0 atom stereocenters. The fourth-order valence-electron chi connectivity index (χ4n) is 2.91. The SMILES string of the molecule is CN(C(=O)C(C)(C)NC(=O)C(C)(C)NC(=O)c1cc([N+](=O)[O-])ccc1O)c1ccccc1. The van der Waals surface area contributed by atoms with Crippen molar-refractivity contribution in [3.05, 3.63) is 64.2 Å². The average molecular weight is 442 g/mol. The highest BCUT2D eigenvalue weighted by atomic mass is 16.6. The van der Waals surface area contributed by atoms with Crippen LogP contribution >= 0.6 is 0 Å². The summed E-state index contributed by atoms with van der Waals surface area (Å²) >= 11 is 0. The number of carbonyl (C=O) groups excluding carboxylic acids is 3. The number of nitro benzene ring substituents is 1. The Morgan fingerprint density at radius 1 is 0.969 bits per heavy atom. The number of carbonyl (C=O) groups is 3. The number of nitro groups is 1. The topological polar surface area (TPSA) is 142 Å². The van der Waals surface area contributed by atoms with E-state index < -0.39 is 33.6 Å². The van der Waals surface area contributed by atoms with Crippen molar-refractivity contribution in [3.8, 4) is 5.75 Å². The number of phenolic OH excluding ortho intramolecular Hbond substituents is 1. The van der Waals surface area contributed by atoms with Crippen LogP contribution in [0.4, 0.5) is 11.4 Å². The zero-order valence-corrected chi connectivity index (χ0v) is 18.5. The van der Waals surface area contributed by atoms with Crippen molar-refractivity contribution in [2.75, 3.05) is 11.9 Å². The van der Waals surface area contributed by atoms with E-state index >= 15 is 0 Å². The zero-order valence-electron chi connectivity index (χ0n) is 18.5. The lowest BCUT2D eigenvalue weighted by molar-refractivity contribution is -0.384. The minimum Gasteiger partial charge on any atom is -0.507 e. The molecule has 0 bridgehead atoms. The summed E-state index contributed by atoms with van der Waals surface area (Å²) in [5.41, 5.74) is -2.90. The van der Waals surface area contributed by atoms with Gasteiger partial charge in [-0.1, -0.05) is 18.2 Å². The molecule has 0 spiro atoms. The second-order valence-corrected chi connectivity index (χ2v) is 8.32. The molecule has 10 nitrogen and oxygen atoms in total. The average Bonchev–Trinajstić information content (AvgIpc) is 2.72. The van der Waals surface area contributed by atoms with Crippen LogP contribution in [0, 0.1) is 10.1 Å². The van der Waals surface area contributed by atoms with Gasteiger partial charge in [-0.3, -0.25) is 24.5 Å². The molecule has 0 unspecified atom stereocenters. The van der Waals surface area contributed by atoms with E-state index in [0.29, 0.717) is 5.69 Å². The van der Waals surface area contributed by atoms with Gasteiger partial charge in [0.25, 0.3) is 17.5 Å². The van der Waals surface area contributed by atoms with Crippen LogP contribution in [0.15, 0.2) is 48.5 Å². The molecule has 0 aliphatic carbocycles. The maximum absolute atomic E-state index is 12.9. The first-order chi connectivity index (χ1) is 14.8. The Bertz CT molecular complexity index is 1050. The van der Waals surface area contributed by atoms with Gasteiger partial charge in [0.15, 0.2) is 0 Å². The summed E-state index contributed by atoms with van der Waals surface area (Å²) < 4.78 is 0. The van der Waals surface area contributed by atoms with Crippen molar-refractivity contribution in [1.29, 1.82) is 0 Å². The highest BCUT2D eigenvalue weighted by Gasteiger charge is 2.38. The van der Waals surface area contributed by atoms with Crippen molar-refractivity contribution in [3.63, 3.8) is 0 Å². The van der Waals surface area contributed by atoms with Crippen molar-refractivity contribution < 1.29 is 24.4 Å². The molecular weight excluding hydrogens is 416 g/mol. The summed E-state index contributed by atoms with van der Waals surface area (Å²) in [6.45, 7) is 5.90. The Labute approximate surface area is 185 Å². The second-order valence-electron chi connectivity index (χ2n) is 8.32.